The summed E-state index contributed by atoms with van der Waals surface area (Å²) in [5.74, 6) is -2.44. The van der Waals surface area contributed by atoms with E-state index in [1.165, 1.54) is 6.92 Å². The van der Waals surface area contributed by atoms with E-state index >= 15 is 0 Å². The van der Waals surface area contributed by atoms with Crippen LogP contribution in [0.1, 0.15) is 46.5 Å². The van der Waals surface area contributed by atoms with Gasteiger partial charge in [0.25, 0.3) is 0 Å². The van der Waals surface area contributed by atoms with Crippen molar-refractivity contribution in [3.8, 4) is 0 Å². The fourth-order valence-corrected chi connectivity index (χ4v) is 4.50. The second kappa shape index (κ2) is 6.38. The molecule has 0 N–H and O–H groups in total. The molecule has 0 aromatic rings. The summed E-state index contributed by atoms with van der Waals surface area (Å²) in [4.78, 5) is 35.7. The number of ether oxygens (including phenoxy) is 3. The summed E-state index contributed by atoms with van der Waals surface area (Å²) in [6.07, 6.45) is -5.24. The Bertz CT molecular complexity index is 662. The number of halogens is 3. The lowest BCUT2D eigenvalue weighted by Crippen LogP contribution is -2.43. The van der Waals surface area contributed by atoms with E-state index in [1.54, 1.807) is 0 Å². The normalized spacial score (nSPS) is 36.3. The highest BCUT2D eigenvalue weighted by Gasteiger charge is 2.68. The molecule has 152 valence electrons. The predicted molar refractivity (Wildman–Crippen MR) is 84.1 cm³/mol. The molecule has 1 saturated heterocycles. The molecule has 0 radical (unpaired) electrons. The van der Waals surface area contributed by atoms with E-state index in [9.17, 15) is 27.6 Å². The number of rotatable bonds is 6. The van der Waals surface area contributed by atoms with Crippen LogP contribution in [-0.4, -0.2) is 42.9 Å². The molecule has 0 amide bonds. The number of carbonyl (C=O) groups excluding carboxylic acids is 3. The first-order valence-corrected chi connectivity index (χ1v) is 9.07. The van der Waals surface area contributed by atoms with E-state index in [4.69, 9.17) is 9.47 Å². The topological polar surface area (TPSA) is 78.9 Å². The maximum absolute atomic E-state index is 13.0. The van der Waals surface area contributed by atoms with Crippen molar-refractivity contribution in [2.45, 2.75) is 64.8 Å². The molecular formula is C18H23F3O6. The van der Waals surface area contributed by atoms with Crippen molar-refractivity contribution in [1.29, 1.82) is 0 Å². The van der Waals surface area contributed by atoms with Gasteiger partial charge >= 0.3 is 24.1 Å². The number of hydrogen-bond donors (Lipinski definition) is 0. The molecule has 9 heteroatoms. The molecule has 0 aromatic heterocycles. The standard InChI is InChI=1S/C18H23F3O6/c1-4-17(3,18(19,20)21)15(24)25-6-5-11(22)26-13-12-9-7-16(13,2)8-10(9)14(23)27-12/h9-10,12-13H,4-8H2,1-3H3. The Kier molecular flexibility index (Phi) is 4.71. The lowest BCUT2D eigenvalue weighted by molar-refractivity contribution is -0.230. The van der Waals surface area contributed by atoms with Gasteiger partial charge in [-0.25, -0.2) is 0 Å². The summed E-state index contributed by atoms with van der Waals surface area (Å²) in [5, 5.41) is 0. The van der Waals surface area contributed by atoms with Gasteiger partial charge in [0.2, 0.25) is 0 Å². The number of esters is 3. The highest BCUT2D eigenvalue weighted by Crippen LogP contribution is 2.62. The molecule has 2 bridgehead atoms. The Labute approximate surface area is 154 Å². The summed E-state index contributed by atoms with van der Waals surface area (Å²) in [5.41, 5.74) is -2.95. The van der Waals surface area contributed by atoms with E-state index in [1.807, 2.05) is 6.92 Å². The average Bonchev–Trinajstić information content (AvgIpc) is 3.12. The SMILES string of the molecule is CCC(C)(C(=O)OCCC(=O)OC1C2OC(=O)C3CC1(C)CC32)C(F)(F)F. The van der Waals surface area contributed by atoms with Gasteiger partial charge in [-0.1, -0.05) is 13.8 Å². The van der Waals surface area contributed by atoms with Crippen molar-refractivity contribution in [3.05, 3.63) is 0 Å². The second-order valence-corrected chi connectivity index (χ2v) is 8.21. The van der Waals surface area contributed by atoms with Gasteiger partial charge in [-0.15, -0.1) is 0 Å². The van der Waals surface area contributed by atoms with Gasteiger partial charge in [0.15, 0.2) is 5.41 Å². The quantitative estimate of drug-likeness (QED) is 0.511. The Morgan fingerprint density at radius 2 is 1.96 bits per heavy atom. The fourth-order valence-electron chi connectivity index (χ4n) is 4.50. The number of fused-ring (bicyclic) bond motifs is 1. The van der Waals surface area contributed by atoms with Gasteiger partial charge in [-0.05, 0) is 26.2 Å². The van der Waals surface area contributed by atoms with E-state index in [0.29, 0.717) is 6.42 Å². The Morgan fingerprint density at radius 3 is 2.56 bits per heavy atom. The lowest BCUT2D eigenvalue weighted by Gasteiger charge is -2.32. The predicted octanol–water partition coefficient (Wildman–Crippen LogP) is 2.78. The molecule has 3 rings (SSSR count). The number of alkyl halides is 3. The summed E-state index contributed by atoms with van der Waals surface area (Å²) >= 11 is 0. The molecule has 6 atom stereocenters. The van der Waals surface area contributed by atoms with Crippen LogP contribution in [-0.2, 0) is 28.6 Å². The molecule has 3 aliphatic rings. The minimum absolute atomic E-state index is 0.0511. The van der Waals surface area contributed by atoms with Gasteiger partial charge in [0.1, 0.15) is 18.8 Å². The van der Waals surface area contributed by atoms with Crippen LogP contribution in [0, 0.1) is 22.7 Å². The molecular weight excluding hydrogens is 369 g/mol. The van der Waals surface area contributed by atoms with Crippen molar-refractivity contribution < 1.29 is 41.8 Å². The molecule has 27 heavy (non-hydrogen) atoms. The van der Waals surface area contributed by atoms with Crippen LogP contribution in [0.3, 0.4) is 0 Å². The van der Waals surface area contributed by atoms with Gasteiger partial charge in [-0.3, -0.25) is 14.4 Å². The highest BCUT2D eigenvalue weighted by atomic mass is 19.4. The molecule has 0 aromatic carbocycles. The van der Waals surface area contributed by atoms with Crippen molar-refractivity contribution in [1.82, 2.24) is 0 Å². The smallest absolute Gasteiger partial charge is 0.404 e. The van der Waals surface area contributed by atoms with Gasteiger partial charge < -0.3 is 14.2 Å². The van der Waals surface area contributed by atoms with Crippen LogP contribution >= 0.6 is 0 Å². The third kappa shape index (κ3) is 3.08. The Hall–Kier alpha value is -1.80. The summed E-state index contributed by atoms with van der Waals surface area (Å²) in [6, 6.07) is 0. The fraction of sp³-hybridized carbons (Fsp3) is 0.833. The zero-order valence-corrected chi connectivity index (χ0v) is 15.4. The van der Waals surface area contributed by atoms with Crippen molar-refractivity contribution in [2.24, 2.45) is 22.7 Å². The van der Waals surface area contributed by atoms with Crippen LogP contribution in [0.25, 0.3) is 0 Å². The van der Waals surface area contributed by atoms with Crippen molar-refractivity contribution >= 4 is 17.9 Å². The Morgan fingerprint density at radius 1 is 1.30 bits per heavy atom. The molecule has 3 fully saturated rings. The molecule has 0 spiro atoms. The second-order valence-electron chi connectivity index (χ2n) is 8.21. The third-order valence-corrected chi connectivity index (χ3v) is 6.45. The summed E-state index contributed by atoms with van der Waals surface area (Å²) in [7, 11) is 0. The maximum atomic E-state index is 13.0. The first-order chi connectivity index (χ1) is 12.4. The van der Waals surface area contributed by atoms with Crippen LogP contribution in [0.5, 0.6) is 0 Å². The van der Waals surface area contributed by atoms with Gasteiger partial charge in [0.05, 0.1) is 12.3 Å². The largest absolute Gasteiger partial charge is 0.464 e. The zero-order valence-electron chi connectivity index (χ0n) is 15.4. The number of hydrogen-bond acceptors (Lipinski definition) is 6. The van der Waals surface area contributed by atoms with E-state index in [2.05, 4.69) is 4.74 Å². The van der Waals surface area contributed by atoms with Crippen LogP contribution in [0.4, 0.5) is 13.2 Å². The zero-order chi connectivity index (χ0) is 20.2. The van der Waals surface area contributed by atoms with Gasteiger partial charge in [0, 0.05) is 11.3 Å². The molecule has 1 heterocycles. The minimum atomic E-state index is -4.74. The first-order valence-electron chi connectivity index (χ1n) is 9.07. The van der Waals surface area contributed by atoms with E-state index in [0.717, 1.165) is 13.3 Å². The van der Waals surface area contributed by atoms with Crippen LogP contribution < -0.4 is 0 Å². The average molecular weight is 392 g/mol. The molecule has 6 nitrogen and oxygen atoms in total. The van der Waals surface area contributed by atoms with E-state index < -0.39 is 48.8 Å². The van der Waals surface area contributed by atoms with Crippen LogP contribution in [0.15, 0.2) is 0 Å². The number of carbonyl (C=O) groups is 3. The maximum Gasteiger partial charge on any atom is 0.404 e. The lowest BCUT2D eigenvalue weighted by atomic mass is 9.79. The molecule has 6 unspecified atom stereocenters. The van der Waals surface area contributed by atoms with Crippen molar-refractivity contribution in [2.75, 3.05) is 6.61 Å². The monoisotopic (exact) mass is 392 g/mol. The summed E-state index contributed by atoms with van der Waals surface area (Å²) in [6.45, 7) is 3.46. The highest BCUT2D eigenvalue weighted by molar-refractivity contribution is 5.78. The Balaban J connectivity index is 1.51. The first kappa shape index (κ1) is 19.9. The van der Waals surface area contributed by atoms with E-state index in [-0.39, 0.29) is 29.6 Å². The third-order valence-electron chi connectivity index (χ3n) is 6.45. The molecule has 2 aliphatic carbocycles. The molecule has 1 aliphatic heterocycles. The summed E-state index contributed by atoms with van der Waals surface area (Å²) < 4.78 is 54.5. The van der Waals surface area contributed by atoms with Crippen LogP contribution in [0.2, 0.25) is 0 Å². The molecule has 2 saturated carbocycles. The van der Waals surface area contributed by atoms with Gasteiger partial charge in [-0.2, -0.15) is 13.2 Å². The van der Waals surface area contributed by atoms with Crippen molar-refractivity contribution in [3.63, 3.8) is 0 Å². The minimum Gasteiger partial charge on any atom is -0.464 e.